The highest BCUT2D eigenvalue weighted by molar-refractivity contribution is 5.96. The number of nitrogens with two attached hydrogens (primary N) is 1. The third-order valence-corrected chi connectivity index (χ3v) is 4.49. The van der Waals surface area contributed by atoms with Gasteiger partial charge in [0.05, 0.1) is 5.69 Å². The Balaban J connectivity index is 2.05. The number of halogens is 1. The summed E-state index contributed by atoms with van der Waals surface area (Å²) in [4.78, 5) is 13.9. The maximum atomic E-state index is 14.2. The van der Waals surface area contributed by atoms with Gasteiger partial charge in [-0.1, -0.05) is 18.9 Å². The molecule has 2 N–H and O–H groups in total. The van der Waals surface area contributed by atoms with Gasteiger partial charge in [0, 0.05) is 30.5 Å². The lowest BCUT2D eigenvalue weighted by molar-refractivity contribution is -0.118. The average molecular weight is 262 g/mol. The molecule has 4 heteroatoms. The normalized spacial score (nSPS) is 20.0. The van der Waals surface area contributed by atoms with Gasteiger partial charge in [0.15, 0.2) is 0 Å². The molecule has 0 unspecified atom stereocenters. The van der Waals surface area contributed by atoms with Gasteiger partial charge in [-0.25, -0.2) is 4.39 Å². The summed E-state index contributed by atoms with van der Waals surface area (Å²) < 4.78 is 14.2. The van der Waals surface area contributed by atoms with Gasteiger partial charge >= 0.3 is 0 Å². The van der Waals surface area contributed by atoms with Crippen LogP contribution in [0.4, 0.5) is 10.1 Å². The number of hydrogen-bond donors (Lipinski definition) is 1. The van der Waals surface area contributed by atoms with Crippen molar-refractivity contribution in [3.05, 3.63) is 29.6 Å². The molecule has 3 nitrogen and oxygen atoms in total. The lowest BCUT2D eigenvalue weighted by atomic mass is 9.80. The molecule has 1 heterocycles. The Labute approximate surface area is 112 Å². The number of anilines is 1. The fourth-order valence-electron chi connectivity index (χ4n) is 3.67. The molecule has 19 heavy (non-hydrogen) atoms. The number of amides is 1. The highest BCUT2D eigenvalue weighted by atomic mass is 19.1. The van der Waals surface area contributed by atoms with Crippen LogP contribution in [0.25, 0.3) is 0 Å². The number of carbonyl (C=O) groups excluding carboxylic acids is 1. The largest absolute Gasteiger partial charge is 0.330 e. The summed E-state index contributed by atoms with van der Waals surface area (Å²) in [5.41, 5.74) is 6.85. The minimum absolute atomic E-state index is 0.0122. The molecule has 1 saturated carbocycles. The van der Waals surface area contributed by atoms with Crippen LogP contribution in [-0.2, 0) is 10.2 Å². The van der Waals surface area contributed by atoms with Crippen molar-refractivity contribution in [2.75, 3.05) is 18.0 Å². The van der Waals surface area contributed by atoms with E-state index in [-0.39, 0.29) is 17.1 Å². The number of carbonyl (C=O) groups is 1. The van der Waals surface area contributed by atoms with Gasteiger partial charge in [0.1, 0.15) is 5.82 Å². The zero-order chi connectivity index (χ0) is 13.5. The summed E-state index contributed by atoms with van der Waals surface area (Å²) in [5, 5.41) is 0. The van der Waals surface area contributed by atoms with Crippen LogP contribution in [0, 0.1) is 5.82 Å². The molecular formula is C15H19FN2O. The van der Waals surface area contributed by atoms with Gasteiger partial charge in [-0.3, -0.25) is 4.79 Å². The maximum Gasteiger partial charge on any atom is 0.228 e. The Morgan fingerprint density at radius 1 is 1.37 bits per heavy atom. The second-order valence-electron chi connectivity index (χ2n) is 5.64. The zero-order valence-electron chi connectivity index (χ0n) is 11.0. The molecule has 1 spiro atoms. The van der Waals surface area contributed by atoms with Gasteiger partial charge in [0.2, 0.25) is 5.91 Å². The smallest absolute Gasteiger partial charge is 0.228 e. The molecule has 0 bridgehead atoms. The number of fused-ring (bicyclic) bond motifs is 2. The summed E-state index contributed by atoms with van der Waals surface area (Å²) in [6.45, 7) is 0.967. The van der Waals surface area contributed by atoms with Crippen molar-refractivity contribution in [3.63, 3.8) is 0 Å². The van der Waals surface area contributed by atoms with Crippen molar-refractivity contribution in [2.24, 2.45) is 5.73 Å². The average Bonchev–Trinajstić information content (AvgIpc) is 2.98. The molecule has 3 rings (SSSR count). The molecule has 0 aromatic heterocycles. The summed E-state index contributed by atoms with van der Waals surface area (Å²) in [7, 11) is 0. The number of benzene rings is 1. The standard InChI is InChI=1S/C15H19FN2O/c16-11-4-3-5-12-14(11)15(7-1-2-8-15)10-18(12)13(19)6-9-17/h3-5H,1-2,6-10,17H2. The second-order valence-corrected chi connectivity index (χ2v) is 5.64. The summed E-state index contributed by atoms with van der Waals surface area (Å²) in [5.74, 6) is -0.152. The summed E-state index contributed by atoms with van der Waals surface area (Å²) >= 11 is 0. The van der Waals surface area contributed by atoms with Gasteiger partial charge < -0.3 is 10.6 Å². The summed E-state index contributed by atoms with van der Waals surface area (Å²) in [6.07, 6.45) is 4.52. The van der Waals surface area contributed by atoms with E-state index in [0.717, 1.165) is 36.9 Å². The van der Waals surface area contributed by atoms with Crippen molar-refractivity contribution in [3.8, 4) is 0 Å². The van der Waals surface area contributed by atoms with Crippen LogP contribution in [0.15, 0.2) is 18.2 Å². The Morgan fingerprint density at radius 3 is 2.79 bits per heavy atom. The summed E-state index contributed by atoms with van der Waals surface area (Å²) in [6, 6.07) is 5.06. The number of rotatable bonds is 2. The van der Waals surface area contributed by atoms with Crippen molar-refractivity contribution in [1.82, 2.24) is 0 Å². The van der Waals surface area contributed by atoms with E-state index in [0.29, 0.717) is 19.5 Å². The number of hydrogen-bond acceptors (Lipinski definition) is 2. The monoisotopic (exact) mass is 262 g/mol. The van der Waals surface area contributed by atoms with Crippen LogP contribution in [0.5, 0.6) is 0 Å². The van der Waals surface area contributed by atoms with E-state index in [4.69, 9.17) is 5.73 Å². The minimum atomic E-state index is -0.164. The van der Waals surface area contributed by atoms with E-state index in [1.54, 1.807) is 11.0 Å². The highest BCUT2D eigenvalue weighted by Crippen LogP contribution is 2.51. The van der Waals surface area contributed by atoms with Crippen molar-refractivity contribution in [2.45, 2.75) is 37.5 Å². The van der Waals surface area contributed by atoms with E-state index >= 15 is 0 Å². The quantitative estimate of drug-likeness (QED) is 0.889. The second kappa shape index (κ2) is 4.60. The maximum absolute atomic E-state index is 14.2. The molecule has 1 aliphatic heterocycles. The first-order valence-electron chi connectivity index (χ1n) is 6.97. The first kappa shape index (κ1) is 12.6. The molecule has 0 radical (unpaired) electrons. The van der Waals surface area contributed by atoms with Crippen LogP contribution >= 0.6 is 0 Å². The lowest BCUT2D eigenvalue weighted by Crippen LogP contribution is -2.36. The fraction of sp³-hybridized carbons (Fsp3) is 0.533. The van der Waals surface area contributed by atoms with E-state index in [1.165, 1.54) is 6.07 Å². The molecule has 102 valence electrons. The number of nitrogens with zero attached hydrogens (tertiary/aromatic N) is 1. The van der Waals surface area contributed by atoms with Crippen LogP contribution in [0.2, 0.25) is 0 Å². The van der Waals surface area contributed by atoms with Gasteiger partial charge in [-0.15, -0.1) is 0 Å². The fourth-order valence-corrected chi connectivity index (χ4v) is 3.67. The van der Waals surface area contributed by atoms with Crippen molar-refractivity contribution < 1.29 is 9.18 Å². The Hall–Kier alpha value is -1.42. The lowest BCUT2D eigenvalue weighted by Gasteiger charge is -2.24. The van der Waals surface area contributed by atoms with E-state index in [9.17, 15) is 9.18 Å². The van der Waals surface area contributed by atoms with Crippen molar-refractivity contribution >= 4 is 11.6 Å². The molecule has 1 amide bonds. The Kier molecular flexibility index (Phi) is 3.05. The predicted octanol–water partition coefficient (Wildman–Crippen LogP) is 2.33. The molecule has 2 aliphatic rings. The van der Waals surface area contributed by atoms with E-state index in [2.05, 4.69) is 0 Å². The van der Waals surface area contributed by atoms with Crippen LogP contribution in [0.1, 0.15) is 37.7 Å². The van der Waals surface area contributed by atoms with Gasteiger partial charge in [0.25, 0.3) is 0 Å². The Morgan fingerprint density at radius 2 is 2.11 bits per heavy atom. The molecule has 1 fully saturated rings. The van der Waals surface area contributed by atoms with Crippen LogP contribution in [-0.4, -0.2) is 19.0 Å². The molecule has 1 aliphatic carbocycles. The molecule has 1 aromatic carbocycles. The zero-order valence-corrected chi connectivity index (χ0v) is 11.0. The first-order chi connectivity index (χ1) is 9.18. The predicted molar refractivity (Wildman–Crippen MR) is 72.6 cm³/mol. The first-order valence-corrected chi connectivity index (χ1v) is 6.97. The van der Waals surface area contributed by atoms with E-state index in [1.807, 2.05) is 6.07 Å². The molecular weight excluding hydrogens is 243 g/mol. The molecule has 0 saturated heterocycles. The third kappa shape index (κ3) is 1.86. The van der Waals surface area contributed by atoms with Gasteiger partial charge in [-0.05, 0) is 25.0 Å². The molecule has 0 atom stereocenters. The topological polar surface area (TPSA) is 46.3 Å². The highest BCUT2D eigenvalue weighted by Gasteiger charge is 2.47. The van der Waals surface area contributed by atoms with Crippen LogP contribution in [0.3, 0.4) is 0 Å². The van der Waals surface area contributed by atoms with Crippen LogP contribution < -0.4 is 10.6 Å². The van der Waals surface area contributed by atoms with Crippen molar-refractivity contribution in [1.29, 1.82) is 0 Å². The van der Waals surface area contributed by atoms with E-state index < -0.39 is 0 Å². The third-order valence-electron chi connectivity index (χ3n) is 4.49. The molecule has 1 aromatic rings. The SMILES string of the molecule is NCCC(=O)N1CC2(CCCC2)c2c(F)cccc21. The van der Waals surface area contributed by atoms with Gasteiger partial charge in [-0.2, -0.15) is 0 Å². The Bertz CT molecular complexity index is 509. The minimum Gasteiger partial charge on any atom is -0.330 e.